The summed E-state index contributed by atoms with van der Waals surface area (Å²) in [4.78, 5) is 17.1. The van der Waals surface area contributed by atoms with Crippen LogP contribution in [0.15, 0.2) is 28.8 Å². The quantitative estimate of drug-likeness (QED) is 0.870. The normalized spacial score (nSPS) is 20.3. The molecule has 2 aromatic heterocycles. The summed E-state index contributed by atoms with van der Waals surface area (Å²) in [6.45, 7) is 2.84. The van der Waals surface area contributed by atoms with Gasteiger partial charge in [-0.2, -0.15) is 10.1 Å². The predicted octanol–water partition coefficient (Wildman–Crippen LogP) is 2.24. The number of allylic oxidation sites excluding steroid dienone is 2. The zero-order valence-corrected chi connectivity index (χ0v) is 13.9. The molecule has 2 aromatic rings. The Morgan fingerprint density at radius 1 is 1.43 bits per heavy atom. The first-order valence-electron chi connectivity index (χ1n) is 7.77. The van der Waals surface area contributed by atoms with E-state index >= 15 is 0 Å². The molecule has 0 spiro atoms. The lowest BCUT2D eigenvalue weighted by atomic mass is 9.86. The number of hydrogen-bond acceptors (Lipinski definition) is 6. The number of anilines is 1. The number of rotatable bonds is 3. The minimum Gasteiger partial charge on any atom is -0.328 e. The van der Waals surface area contributed by atoms with Crippen molar-refractivity contribution in [3.05, 3.63) is 29.2 Å². The highest BCUT2D eigenvalue weighted by Gasteiger charge is 2.37. The number of fused-ring (bicyclic) bond motifs is 1. The maximum atomic E-state index is 12.6. The molecule has 0 bridgehead atoms. The van der Waals surface area contributed by atoms with Gasteiger partial charge in [-0.3, -0.25) is 9.48 Å². The Balaban J connectivity index is 1.88. The van der Waals surface area contributed by atoms with Gasteiger partial charge in [-0.05, 0) is 26.0 Å². The van der Waals surface area contributed by atoms with Crippen molar-refractivity contribution in [3.63, 3.8) is 0 Å². The van der Waals surface area contributed by atoms with Gasteiger partial charge in [0.15, 0.2) is 5.78 Å². The van der Waals surface area contributed by atoms with Crippen molar-refractivity contribution in [2.45, 2.75) is 43.9 Å². The monoisotopic (exact) mass is 330 g/mol. The van der Waals surface area contributed by atoms with Crippen LogP contribution < -0.4 is 5.32 Å². The molecule has 23 heavy (non-hydrogen) atoms. The Hall–Kier alpha value is -2.09. The minimum atomic E-state index is -0.234. The molecule has 0 amide bonds. The van der Waals surface area contributed by atoms with Gasteiger partial charge in [-0.25, -0.2) is 4.68 Å². The average Bonchev–Trinajstić information content (AvgIpc) is 3.19. The van der Waals surface area contributed by atoms with E-state index in [2.05, 4.69) is 20.5 Å². The number of aryl methyl sites for hydroxylation is 1. The standard InChI is InChI=1S/C15H18N6OS/c1-3-20-8-9(7-16-20)13-12-10(5-4-6-11(12)22)17-14-18-15(23-2)19-21(13)14/h7-8,13H,3-6H2,1-2H3,(H,17,18,19)/t13-/m0/s1. The number of Topliss-reactive ketones (excluding diaryl/α,β-unsaturated/α-hetero) is 1. The van der Waals surface area contributed by atoms with Crippen LogP contribution in [0, 0.1) is 0 Å². The minimum absolute atomic E-state index is 0.194. The van der Waals surface area contributed by atoms with E-state index in [-0.39, 0.29) is 11.8 Å². The molecule has 8 heteroatoms. The SMILES string of the molecule is CCn1cc([C@H]2C3=C(CCCC3=O)Nc3nc(SC)nn32)cn1. The van der Waals surface area contributed by atoms with Gasteiger partial charge in [-0.1, -0.05) is 11.8 Å². The zero-order valence-electron chi connectivity index (χ0n) is 13.1. The van der Waals surface area contributed by atoms with Gasteiger partial charge >= 0.3 is 0 Å². The molecule has 0 unspecified atom stereocenters. The summed E-state index contributed by atoms with van der Waals surface area (Å²) >= 11 is 1.50. The van der Waals surface area contributed by atoms with E-state index in [0.29, 0.717) is 17.5 Å². The third kappa shape index (κ3) is 2.28. The van der Waals surface area contributed by atoms with Gasteiger partial charge in [0.1, 0.15) is 6.04 Å². The number of hydrogen-bond donors (Lipinski definition) is 1. The largest absolute Gasteiger partial charge is 0.328 e. The number of thioether (sulfide) groups is 1. The number of carbonyl (C=O) groups excluding carboxylic acids is 1. The highest BCUT2D eigenvalue weighted by Crippen LogP contribution is 2.40. The summed E-state index contributed by atoms with van der Waals surface area (Å²) in [5.74, 6) is 0.900. The van der Waals surface area contributed by atoms with Crippen molar-refractivity contribution in [2.24, 2.45) is 0 Å². The summed E-state index contributed by atoms with van der Waals surface area (Å²) < 4.78 is 3.70. The molecule has 120 valence electrons. The third-order valence-corrected chi connectivity index (χ3v) is 4.86. The maximum Gasteiger partial charge on any atom is 0.227 e. The molecule has 3 heterocycles. The molecule has 1 aliphatic carbocycles. The lowest BCUT2D eigenvalue weighted by molar-refractivity contribution is -0.116. The molecule has 0 fully saturated rings. The zero-order chi connectivity index (χ0) is 16.0. The van der Waals surface area contributed by atoms with Crippen molar-refractivity contribution >= 4 is 23.5 Å². The van der Waals surface area contributed by atoms with Crippen molar-refractivity contribution in [3.8, 4) is 0 Å². The molecular formula is C15H18N6OS. The molecule has 1 aliphatic heterocycles. The fourth-order valence-corrected chi connectivity index (χ4v) is 3.57. The molecule has 0 radical (unpaired) electrons. The highest BCUT2D eigenvalue weighted by molar-refractivity contribution is 7.98. The molecule has 0 aromatic carbocycles. The maximum absolute atomic E-state index is 12.6. The lowest BCUT2D eigenvalue weighted by Crippen LogP contribution is -2.31. The van der Waals surface area contributed by atoms with Gasteiger partial charge in [-0.15, -0.1) is 5.10 Å². The second kappa shape index (κ2) is 5.52. The fraction of sp³-hybridized carbons (Fsp3) is 0.467. The van der Waals surface area contributed by atoms with Crippen LogP contribution in [0.25, 0.3) is 0 Å². The summed E-state index contributed by atoms with van der Waals surface area (Å²) in [6, 6.07) is -0.234. The van der Waals surface area contributed by atoms with Crippen LogP contribution in [-0.4, -0.2) is 36.6 Å². The molecule has 1 N–H and O–H groups in total. The first-order valence-corrected chi connectivity index (χ1v) is 9.00. The number of nitrogens with one attached hydrogen (secondary N) is 1. The number of nitrogens with zero attached hydrogens (tertiary/aromatic N) is 5. The molecule has 4 rings (SSSR count). The van der Waals surface area contributed by atoms with Crippen LogP contribution in [-0.2, 0) is 11.3 Å². The van der Waals surface area contributed by atoms with Crippen LogP contribution in [0.1, 0.15) is 37.8 Å². The second-order valence-corrected chi connectivity index (χ2v) is 6.47. The Morgan fingerprint density at radius 3 is 3.04 bits per heavy atom. The summed E-state index contributed by atoms with van der Waals surface area (Å²) in [6.07, 6.45) is 8.13. The molecule has 2 aliphatic rings. The smallest absolute Gasteiger partial charge is 0.227 e. The van der Waals surface area contributed by atoms with E-state index in [1.54, 1.807) is 0 Å². The summed E-state index contributed by atoms with van der Waals surface area (Å²) in [7, 11) is 0. The van der Waals surface area contributed by atoms with Gasteiger partial charge < -0.3 is 5.32 Å². The Labute approximate surface area is 138 Å². The molecular weight excluding hydrogens is 312 g/mol. The lowest BCUT2D eigenvalue weighted by Gasteiger charge is -2.31. The highest BCUT2D eigenvalue weighted by atomic mass is 32.2. The van der Waals surface area contributed by atoms with Crippen molar-refractivity contribution in [1.82, 2.24) is 24.5 Å². The van der Waals surface area contributed by atoms with E-state index in [1.807, 2.05) is 34.9 Å². The Bertz CT molecular complexity index is 805. The third-order valence-electron chi connectivity index (χ3n) is 4.32. The first kappa shape index (κ1) is 14.5. The van der Waals surface area contributed by atoms with Crippen LogP contribution in [0.3, 0.4) is 0 Å². The predicted molar refractivity (Wildman–Crippen MR) is 87.3 cm³/mol. The van der Waals surface area contributed by atoms with Gasteiger partial charge in [0.2, 0.25) is 11.1 Å². The number of ketones is 1. The Kier molecular flexibility index (Phi) is 3.48. The molecule has 0 saturated heterocycles. The molecule has 0 saturated carbocycles. The van der Waals surface area contributed by atoms with Crippen molar-refractivity contribution in [2.75, 3.05) is 11.6 Å². The summed E-state index contributed by atoms with van der Waals surface area (Å²) in [5.41, 5.74) is 2.79. The van der Waals surface area contributed by atoms with Crippen LogP contribution in [0.5, 0.6) is 0 Å². The van der Waals surface area contributed by atoms with Gasteiger partial charge in [0, 0.05) is 36.0 Å². The second-order valence-electron chi connectivity index (χ2n) is 5.69. The average molecular weight is 330 g/mol. The number of aromatic nitrogens is 5. The van der Waals surface area contributed by atoms with Crippen LogP contribution >= 0.6 is 11.8 Å². The topological polar surface area (TPSA) is 77.6 Å². The molecule has 7 nitrogen and oxygen atoms in total. The van der Waals surface area contributed by atoms with E-state index in [4.69, 9.17) is 0 Å². The van der Waals surface area contributed by atoms with Crippen molar-refractivity contribution in [1.29, 1.82) is 0 Å². The number of carbonyl (C=O) groups is 1. The summed E-state index contributed by atoms with van der Waals surface area (Å²) in [5, 5.41) is 13.0. The molecule has 1 atom stereocenters. The Morgan fingerprint density at radius 2 is 2.30 bits per heavy atom. The van der Waals surface area contributed by atoms with E-state index in [9.17, 15) is 4.79 Å². The fourth-order valence-electron chi connectivity index (χ4n) is 3.22. The first-order chi connectivity index (χ1) is 11.2. The van der Waals surface area contributed by atoms with Gasteiger partial charge in [0.05, 0.1) is 6.20 Å². The van der Waals surface area contributed by atoms with Gasteiger partial charge in [0.25, 0.3) is 0 Å². The van der Waals surface area contributed by atoms with E-state index < -0.39 is 0 Å². The van der Waals surface area contributed by atoms with Crippen LogP contribution in [0.2, 0.25) is 0 Å². The van der Waals surface area contributed by atoms with Crippen LogP contribution in [0.4, 0.5) is 5.95 Å². The van der Waals surface area contributed by atoms with E-state index in [0.717, 1.165) is 36.2 Å². The van der Waals surface area contributed by atoms with Crippen molar-refractivity contribution < 1.29 is 4.79 Å². The van der Waals surface area contributed by atoms with E-state index in [1.165, 1.54) is 11.8 Å².